The number of hydrogen-bond donors (Lipinski definition) is 1. The van der Waals surface area contributed by atoms with Crippen molar-refractivity contribution in [3.63, 3.8) is 0 Å². The number of likely N-dealkylation sites (N-methyl/N-ethyl adjacent to an activating group) is 1. The fourth-order valence-electron chi connectivity index (χ4n) is 2.09. The van der Waals surface area contributed by atoms with Gasteiger partial charge in [-0.15, -0.1) is 0 Å². The topological polar surface area (TPSA) is 45.2 Å². The van der Waals surface area contributed by atoms with Crippen LogP contribution < -0.4 is 5.32 Å². The molecular weight excluding hydrogens is 282 g/mol. The van der Waals surface area contributed by atoms with Crippen molar-refractivity contribution < 1.29 is 4.79 Å². The monoisotopic (exact) mass is 297 g/mol. The highest BCUT2D eigenvalue weighted by Crippen LogP contribution is 2.14. The summed E-state index contributed by atoms with van der Waals surface area (Å²) in [5.74, 6) is -0.0993. The summed E-state index contributed by atoms with van der Waals surface area (Å²) in [5.41, 5.74) is 0.459. The van der Waals surface area contributed by atoms with E-state index in [1.54, 1.807) is 12.3 Å². The van der Waals surface area contributed by atoms with Crippen molar-refractivity contribution in [2.75, 3.05) is 20.1 Å². The molecule has 0 saturated carbocycles. The van der Waals surface area contributed by atoms with Crippen molar-refractivity contribution in [1.82, 2.24) is 15.2 Å². The van der Waals surface area contributed by atoms with Gasteiger partial charge in [-0.05, 0) is 54.5 Å². The largest absolute Gasteiger partial charge is 0.347 e. The normalized spacial score (nSPS) is 21.2. The van der Waals surface area contributed by atoms with Crippen LogP contribution in [0.25, 0.3) is 0 Å². The Morgan fingerprint density at radius 2 is 2.47 bits per heavy atom. The fourth-order valence-corrected chi connectivity index (χ4v) is 2.53. The Kier molecular flexibility index (Phi) is 4.12. The number of halogens is 1. The molecule has 1 atom stereocenters. The second kappa shape index (κ2) is 5.60. The van der Waals surface area contributed by atoms with Gasteiger partial charge in [0.15, 0.2) is 0 Å². The highest BCUT2D eigenvalue weighted by molar-refractivity contribution is 9.10. The summed E-state index contributed by atoms with van der Waals surface area (Å²) in [6, 6.07) is 3.86. The predicted molar refractivity (Wildman–Crippen MR) is 69.9 cm³/mol. The molecule has 0 aromatic carbocycles. The van der Waals surface area contributed by atoms with Crippen LogP contribution in [0.3, 0.4) is 0 Å². The Hall–Kier alpha value is -0.940. The van der Waals surface area contributed by atoms with E-state index in [0.717, 1.165) is 30.4 Å². The lowest BCUT2D eigenvalue weighted by Gasteiger charge is -2.30. The number of nitrogens with zero attached hydrogens (tertiary/aromatic N) is 2. The molecule has 0 radical (unpaired) electrons. The van der Waals surface area contributed by atoms with Gasteiger partial charge in [0.05, 0.1) is 0 Å². The average molecular weight is 298 g/mol. The van der Waals surface area contributed by atoms with Gasteiger partial charge in [-0.3, -0.25) is 4.79 Å². The molecule has 1 aliphatic rings. The zero-order valence-electron chi connectivity index (χ0n) is 9.82. The van der Waals surface area contributed by atoms with Crippen molar-refractivity contribution in [2.45, 2.75) is 18.9 Å². The lowest BCUT2D eigenvalue weighted by molar-refractivity contribution is 0.0906. The third-order valence-corrected chi connectivity index (χ3v) is 3.57. The summed E-state index contributed by atoms with van der Waals surface area (Å²) in [7, 11) is 2.08. The molecule has 1 N–H and O–H groups in total. The van der Waals surface area contributed by atoms with Crippen molar-refractivity contribution in [3.05, 3.63) is 28.5 Å². The smallest absolute Gasteiger partial charge is 0.271 e. The molecule has 1 fully saturated rings. The number of carbonyl (C=O) groups excluding carboxylic acids is 1. The van der Waals surface area contributed by atoms with E-state index in [4.69, 9.17) is 0 Å². The molecule has 2 rings (SSSR count). The molecular formula is C12H16BrN3O. The third kappa shape index (κ3) is 3.26. The van der Waals surface area contributed by atoms with Gasteiger partial charge >= 0.3 is 0 Å². The molecule has 17 heavy (non-hydrogen) atoms. The highest BCUT2D eigenvalue weighted by Gasteiger charge is 2.20. The lowest BCUT2D eigenvalue weighted by Crippen LogP contribution is -2.46. The third-order valence-electron chi connectivity index (χ3n) is 2.93. The number of hydrogen-bond acceptors (Lipinski definition) is 3. The van der Waals surface area contributed by atoms with Crippen molar-refractivity contribution in [1.29, 1.82) is 0 Å². The molecule has 92 valence electrons. The lowest BCUT2D eigenvalue weighted by atomic mass is 10.1. The second-order valence-corrected chi connectivity index (χ2v) is 5.26. The van der Waals surface area contributed by atoms with E-state index < -0.39 is 0 Å². The number of nitrogens with one attached hydrogen (secondary N) is 1. The number of pyridine rings is 1. The van der Waals surface area contributed by atoms with Crippen LogP contribution in [0, 0.1) is 0 Å². The van der Waals surface area contributed by atoms with Crippen LogP contribution in [-0.4, -0.2) is 42.0 Å². The van der Waals surface area contributed by atoms with Gasteiger partial charge in [0, 0.05) is 23.3 Å². The quantitative estimate of drug-likeness (QED) is 0.903. The summed E-state index contributed by atoms with van der Waals surface area (Å²) in [6.07, 6.45) is 3.80. The summed E-state index contributed by atoms with van der Waals surface area (Å²) < 4.78 is 0.738. The van der Waals surface area contributed by atoms with Crippen LogP contribution in [0.2, 0.25) is 0 Å². The molecule has 1 saturated heterocycles. The molecule has 1 amide bonds. The molecule has 5 heteroatoms. The van der Waals surface area contributed by atoms with Crippen LogP contribution in [0.5, 0.6) is 0 Å². The molecule has 1 aromatic rings. The minimum absolute atomic E-state index is 0.0993. The van der Waals surface area contributed by atoms with E-state index in [-0.39, 0.29) is 11.9 Å². The molecule has 1 aliphatic heterocycles. The van der Waals surface area contributed by atoms with E-state index in [0.29, 0.717) is 5.69 Å². The first-order valence-corrected chi connectivity index (χ1v) is 6.56. The second-order valence-electron chi connectivity index (χ2n) is 4.41. The van der Waals surface area contributed by atoms with Gasteiger partial charge in [-0.2, -0.15) is 0 Å². The summed E-state index contributed by atoms with van der Waals surface area (Å²) in [6.45, 7) is 2.02. The first-order chi connectivity index (χ1) is 8.16. The minimum atomic E-state index is -0.0993. The van der Waals surface area contributed by atoms with E-state index in [2.05, 4.69) is 38.2 Å². The van der Waals surface area contributed by atoms with Gasteiger partial charge in [-0.1, -0.05) is 0 Å². The molecule has 1 unspecified atom stereocenters. The first-order valence-electron chi connectivity index (χ1n) is 5.77. The summed E-state index contributed by atoms with van der Waals surface area (Å²) in [4.78, 5) is 18.3. The minimum Gasteiger partial charge on any atom is -0.347 e. The van der Waals surface area contributed by atoms with Crippen LogP contribution in [0.4, 0.5) is 0 Å². The predicted octanol–water partition coefficient (Wildman–Crippen LogP) is 1.67. The maximum absolute atomic E-state index is 12.0. The number of likely N-dealkylation sites (tertiary alicyclic amines) is 1. The zero-order chi connectivity index (χ0) is 12.3. The van der Waals surface area contributed by atoms with Crippen LogP contribution in [-0.2, 0) is 0 Å². The summed E-state index contributed by atoms with van der Waals surface area (Å²) in [5, 5.41) is 3.03. The van der Waals surface area contributed by atoms with Gasteiger partial charge in [0.25, 0.3) is 5.91 Å². The number of piperidine rings is 1. The van der Waals surface area contributed by atoms with E-state index in [9.17, 15) is 4.79 Å². The summed E-state index contributed by atoms with van der Waals surface area (Å²) >= 11 is 3.34. The molecule has 4 nitrogen and oxygen atoms in total. The number of rotatable bonds is 2. The molecule has 2 heterocycles. The van der Waals surface area contributed by atoms with Crippen molar-refractivity contribution in [3.8, 4) is 0 Å². The SMILES string of the molecule is CN1CCCC(NC(=O)c2ncccc2Br)C1. The molecule has 0 spiro atoms. The van der Waals surface area contributed by atoms with Crippen LogP contribution in [0.1, 0.15) is 23.3 Å². The molecule has 0 bridgehead atoms. The Balaban J connectivity index is 1.99. The molecule has 0 aliphatic carbocycles. The number of aromatic nitrogens is 1. The number of amides is 1. The van der Waals surface area contributed by atoms with Crippen LogP contribution >= 0.6 is 15.9 Å². The standard InChI is InChI=1S/C12H16BrN3O/c1-16-7-3-4-9(8-16)15-12(17)11-10(13)5-2-6-14-11/h2,5-6,9H,3-4,7-8H2,1H3,(H,15,17). The number of carbonyl (C=O) groups is 1. The Morgan fingerprint density at radius 3 is 3.18 bits per heavy atom. The molecule has 1 aromatic heterocycles. The van der Waals surface area contributed by atoms with Gasteiger partial charge < -0.3 is 10.2 Å². The van der Waals surface area contributed by atoms with Gasteiger partial charge in [0.2, 0.25) is 0 Å². The van der Waals surface area contributed by atoms with E-state index in [1.807, 2.05) is 6.07 Å². The van der Waals surface area contributed by atoms with Gasteiger partial charge in [-0.25, -0.2) is 4.98 Å². The maximum atomic E-state index is 12.0. The van der Waals surface area contributed by atoms with E-state index >= 15 is 0 Å². The van der Waals surface area contributed by atoms with Crippen molar-refractivity contribution in [2.24, 2.45) is 0 Å². The highest BCUT2D eigenvalue weighted by atomic mass is 79.9. The maximum Gasteiger partial charge on any atom is 0.271 e. The van der Waals surface area contributed by atoms with Crippen molar-refractivity contribution >= 4 is 21.8 Å². The van der Waals surface area contributed by atoms with E-state index in [1.165, 1.54) is 0 Å². The first kappa shape index (κ1) is 12.5. The fraction of sp³-hybridized carbons (Fsp3) is 0.500. The Labute approximate surface area is 110 Å². The Bertz CT molecular complexity index is 410. The van der Waals surface area contributed by atoms with Crippen LogP contribution in [0.15, 0.2) is 22.8 Å². The zero-order valence-corrected chi connectivity index (χ0v) is 11.4. The average Bonchev–Trinajstić information content (AvgIpc) is 2.29. The van der Waals surface area contributed by atoms with Gasteiger partial charge in [0.1, 0.15) is 5.69 Å². The Morgan fingerprint density at radius 1 is 1.65 bits per heavy atom.